The number of rotatable bonds is 12. The van der Waals surface area contributed by atoms with Crippen molar-refractivity contribution in [2.75, 3.05) is 35.3 Å². The van der Waals surface area contributed by atoms with E-state index in [1.807, 2.05) is 60.9 Å². The number of benzene rings is 1. The lowest BCUT2D eigenvalue weighted by atomic mass is 9.89. The topological polar surface area (TPSA) is 149 Å². The van der Waals surface area contributed by atoms with Gasteiger partial charge in [0, 0.05) is 81.4 Å². The highest BCUT2D eigenvalue weighted by Crippen LogP contribution is 2.34. The molecule has 12 heteroatoms. The Hall–Kier alpha value is -5.15. The molecule has 254 valence electrons. The van der Waals surface area contributed by atoms with Crippen LogP contribution in [-0.4, -0.2) is 74.2 Å². The average molecular weight is 661 g/mol. The van der Waals surface area contributed by atoms with Gasteiger partial charge in [0.15, 0.2) is 5.82 Å². The summed E-state index contributed by atoms with van der Waals surface area (Å²) >= 11 is 0. The number of pyridine rings is 1. The number of ether oxygens (including phenoxy) is 1. The summed E-state index contributed by atoms with van der Waals surface area (Å²) in [5.41, 5.74) is 3.59. The largest absolute Gasteiger partial charge is 0.376 e. The molecule has 1 aliphatic carbocycles. The first-order valence-corrected chi connectivity index (χ1v) is 16.9. The van der Waals surface area contributed by atoms with Crippen molar-refractivity contribution in [3.05, 3.63) is 78.4 Å². The maximum atomic E-state index is 13.9. The van der Waals surface area contributed by atoms with Crippen molar-refractivity contribution in [1.82, 2.24) is 24.7 Å². The molecule has 2 aliphatic rings. The Morgan fingerprint density at radius 2 is 1.90 bits per heavy atom. The fraction of sp³-hybridized carbons (Fsp3) is 0.432. The van der Waals surface area contributed by atoms with E-state index in [4.69, 9.17) is 20.1 Å². The Balaban J connectivity index is 1.14. The fourth-order valence-corrected chi connectivity index (χ4v) is 7.12. The van der Waals surface area contributed by atoms with Crippen molar-refractivity contribution >= 4 is 29.2 Å². The Morgan fingerprint density at radius 1 is 1.10 bits per heavy atom. The minimum atomic E-state index is -0.464. The van der Waals surface area contributed by atoms with Crippen molar-refractivity contribution in [3.8, 4) is 17.2 Å². The summed E-state index contributed by atoms with van der Waals surface area (Å²) in [7, 11) is 3.57. The molecule has 12 nitrogen and oxygen atoms in total. The van der Waals surface area contributed by atoms with Crippen LogP contribution in [0.15, 0.2) is 67.3 Å². The number of nitrogens with zero attached hydrogens (tertiary/aromatic N) is 8. The van der Waals surface area contributed by atoms with Crippen molar-refractivity contribution < 1.29 is 9.53 Å². The third-order valence-corrected chi connectivity index (χ3v) is 9.69. The van der Waals surface area contributed by atoms with Gasteiger partial charge in [-0.3, -0.25) is 14.4 Å². The lowest BCUT2D eigenvalue weighted by molar-refractivity contribution is -0.119. The predicted octanol–water partition coefficient (Wildman–Crippen LogP) is 5.56. The number of nitriles is 1. The van der Waals surface area contributed by atoms with Gasteiger partial charge in [-0.15, -0.1) is 0 Å². The van der Waals surface area contributed by atoms with E-state index in [0.717, 1.165) is 48.8 Å². The number of carbonyl (C=O) groups is 1. The zero-order valence-electron chi connectivity index (χ0n) is 28.5. The number of methoxy groups -OCH3 is 1. The van der Waals surface area contributed by atoms with Gasteiger partial charge in [-0.05, 0) is 63.1 Å². The minimum Gasteiger partial charge on any atom is -0.376 e. The molecule has 1 atom stereocenters. The van der Waals surface area contributed by atoms with E-state index in [-0.39, 0.29) is 18.0 Å². The number of hydrogen-bond donors (Lipinski definition) is 2. The first-order valence-electron chi connectivity index (χ1n) is 16.9. The molecule has 2 N–H and O–H groups in total. The monoisotopic (exact) mass is 660 g/mol. The fourth-order valence-electron chi connectivity index (χ4n) is 7.12. The third kappa shape index (κ3) is 7.95. The number of anilines is 3. The van der Waals surface area contributed by atoms with Gasteiger partial charge >= 0.3 is 0 Å². The van der Waals surface area contributed by atoms with Gasteiger partial charge in [0.2, 0.25) is 11.9 Å². The molecule has 0 radical (unpaired) electrons. The third-order valence-electron chi connectivity index (χ3n) is 9.69. The molecule has 0 spiro atoms. The van der Waals surface area contributed by atoms with Crippen LogP contribution in [0, 0.1) is 16.7 Å². The normalized spacial score (nSPS) is 20.5. The quantitative estimate of drug-likeness (QED) is 0.186. The summed E-state index contributed by atoms with van der Waals surface area (Å²) in [6.45, 7) is 3.03. The molecule has 1 saturated heterocycles. The maximum absolute atomic E-state index is 13.9. The molecule has 4 aromatic rings. The average Bonchev–Trinajstić information content (AvgIpc) is 3.75. The zero-order valence-corrected chi connectivity index (χ0v) is 28.5. The number of hydrogen-bond acceptors (Lipinski definition) is 10. The molecule has 3 aromatic heterocycles. The SMILES string of the molecule is COC1(CC(C)=N)CCN(c2nc(NC3CCC(N(C(=O)CCc4ccccc4)c4ccc(-c5cnn(C)c5)cn4)CC3)ncc2C#N)C1. The van der Waals surface area contributed by atoms with Gasteiger partial charge in [-0.2, -0.15) is 15.3 Å². The van der Waals surface area contributed by atoms with Crippen molar-refractivity contribution in [1.29, 1.82) is 10.7 Å². The van der Waals surface area contributed by atoms with Crippen LogP contribution in [-0.2, 0) is 23.0 Å². The molecule has 1 unspecified atom stereocenters. The van der Waals surface area contributed by atoms with E-state index in [0.29, 0.717) is 61.2 Å². The Morgan fingerprint density at radius 3 is 2.55 bits per heavy atom. The van der Waals surface area contributed by atoms with E-state index >= 15 is 0 Å². The number of carbonyl (C=O) groups excluding carboxylic acids is 1. The number of nitrogens with one attached hydrogen (secondary N) is 2. The highest BCUT2D eigenvalue weighted by Gasteiger charge is 2.40. The number of aryl methyl sites for hydroxylation is 2. The van der Waals surface area contributed by atoms with Gasteiger partial charge in [-0.1, -0.05) is 30.3 Å². The summed E-state index contributed by atoms with van der Waals surface area (Å²) in [6.07, 6.45) is 12.8. The predicted molar refractivity (Wildman–Crippen MR) is 190 cm³/mol. The van der Waals surface area contributed by atoms with Crippen molar-refractivity contribution in [2.24, 2.45) is 7.05 Å². The smallest absolute Gasteiger partial charge is 0.228 e. The standard InChI is InChI=1S/C37H44N10O2/c1-26(39)19-37(49-3)17-18-46(25-37)35-29(20-38)22-41-36(44-35)43-31-11-13-32(14-12-31)47(34(48)16-9-27-7-5-4-6-8-27)33-15-10-28(21-40-33)30-23-42-45(2)24-30/h4-8,10,15,21-24,31-32,39H,9,11-14,16-19,25H2,1-3H3,(H,41,43,44). The summed E-state index contributed by atoms with van der Waals surface area (Å²) in [5.74, 6) is 1.81. The number of aromatic nitrogens is 5. The van der Waals surface area contributed by atoms with Gasteiger partial charge in [0.25, 0.3) is 0 Å². The van der Waals surface area contributed by atoms with Crippen LogP contribution in [0.2, 0.25) is 0 Å². The van der Waals surface area contributed by atoms with Crippen LogP contribution < -0.4 is 15.1 Å². The molecular formula is C37H44N10O2. The van der Waals surface area contributed by atoms with E-state index in [2.05, 4.69) is 38.5 Å². The van der Waals surface area contributed by atoms with Crippen LogP contribution in [0.1, 0.15) is 63.0 Å². The van der Waals surface area contributed by atoms with Gasteiger partial charge in [0.1, 0.15) is 17.5 Å². The molecule has 2 fully saturated rings. The second kappa shape index (κ2) is 15.0. The highest BCUT2D eigenvalue weighted by molar-refractivity contribution is 5.93. The second-order valence-corrected chi connectivity index (χ2v) is 13.3. The van der Waals surface area contributed by atoms with Crippen molar-refractivity contribution in [2.45, 2.75) is 76.0 Å². The Bertz CT molecular complexity index is 1790. The van der Waals surface area contributed by atoms with Gasteiger partial charge < -0.3 is 20.4 Å². The number of amides is 1. The lowest BCUT2D eigenvalue weighted by Crippen LogP contribution is -2.45. The van der Waals surface area contributed by atoms with Crippen LogP contribution in [0.4, 0.5) is 17.6 Å². The summed E-state index contributed by atoms with van der Waals surface area (Å²) < 4.78 is 7.63. The van der Waals surface area contributed by atoms with E-state index < -0.39 is 5.60 Å². The van der Waals surface area contributed by atoms with Crippen LogP contribution in [0.5, 0.6) is 0 Å². The van der Waals surface area contributed by atoms with Crippen LogP contribution in [0.25, 0.3) is 11.1 Å². The van der Waals surface area contributed by atoms with E-state index in [1.54, 1.807) is 24.9 Å². The van der Waals surface area contributed by atoms with E-state index in [1.165, 1.54) is 0 Å². The molecule has 49 heavy (non-hydrogen) atoms. The lowest BCUT2D eigenvalue weighted by Gasteiger charge is -2.36. The molecule has 1 amide bonds. The molecule has 6 rings (SSSR count). The molecule has 1 aromatic carbocycles. The van der Waals surface area contributed by atoms with Gasteiger partial charge in [-0.25, -0.2) is 9.97 Å². The Kier molecular flexibility index (Phi) is 10.3. The summed E-state index contributed by atoms with van der Waals surface area (Å²) in [5, 5.41) is 25.6. The minimum absolute atomic E-state index is 0.0135. The first kappa shape index (κ1) is 33.7. The molecule has 1 saturated carbocycles. The van der Waals surface area contributed by atoms with Crippen molar-refractivity contribution in [3.63, 3.8) is 0 Å². The highest BCUT2D eigenvalue weighted by atomic mass is 16.5. The van der Waals surface area contributed by atoms with Crippen LogP contribution >= 0.6 is 0 Å². The second-order valence-electron chi connectivity index (χ2n) is 13.3. The zero-order chi connectivity index (χ0) is 34.4. The maximum Gasteiger partial charge on any atom is 0.228 e. The summed E-state index contributed by atoms with van der Waals surface area (Å²) in [6, 6.07) is 16.4. The first-order chi connectivity index (χ1) is 23.8. The molecule has 0 bridgehead atoms. The van der Waals surface area contributed by atoms with Crippen LogP contribution in [0.3, 0.4) is 0 Å². The van der Waals surface area contributed by atoms with Gasteiger partial charge in [0.05, 0.1) is 18.0 Å². The summed E-state index contributed by atoms with van der Waals surface area (Å²) in [4.78, 5) is 31.9. The van der Waals surface area contributed by atoms with E-state index in [9.17, 15) is 10.1 Å². The molecule has 4 heterocycles. The Labute approximate surface area is 287 Å². The molecular weight excluding hydrogens is 616 g/mol. The molecule has 1 aliphatic heterocycles.